The molecule has 1 aromatic heterocycles. The number of benzene rings is 1. The van der Waals surface area contributed by atoms with Gasteiger partial charge in [-0.25, -0.2) is 4.98 Å². The van der Waals surface area contributed by atoms with Crippen LogP contribution in [0.3, 0.4) is 0 Å². The zero-order valence-electron chi connectivity index (χ0n) is 13.7. The van der Waals surface area contributed by atoms with Crippen LogP contribution in [0, 0.1) is 6.92 Å². The lowest BCUT2D eigenvalue weighted by molar-refractivity contribution is -0.136. The van der Waals surface area contributed by atoms with Gasteiger partial charge in [0.05, 0.1) is 11.3 Å². The highest BCUT2D eigenvalue weighted by Gasteiger charge is 2.34. The minimum Gasteiger partial charge on any atom is -0.350 e. The first kappa shape index (κ1) is 18.3. The molecule has 1 aromatic carbocycles. The number of halogens is 4. The number of alkyl halides is 3. The molecule has 0 saturated heterocycles. The molecule has 2 rings (SSSR count). The zero-order valence-corrected chi connectivity index (χ0v) is 14.5. The van der Waals surface area contributed by atoms with Crippen molar-refractivity contribution in [1.29, 1.82) is 0 Å². The maximum absolute atomic E-state index is 13.2. The highest BCUT2D eigenvalue weighted by molar-refractivity contribution is 6.30. The van der Waals surface area contributed by atoms with Gasteiger partial charge in [0, 0.05) is 22.3 Å². The second-order valence-electron chi connectivity index (χ2n) is 6.41. The van der Waals surface area contributed by atoms with Crippen molar-refractivity contribution in [1.82, 2.24) is 9.97 Å². The average Bonchev–Trinajstić information content (AvgIpc) is 2.36. The number of aryl methyl sites for hydroxylation is 1. The number of nitrogens with zero attached hydrogens (tertiary/aromatic N) is 2. The smallest absolute Gasteiger partial charge is 0.350 e. The van der Waals surface area contributed by atoms with Gasteiger partial charge in [-0.15, -0.1) is 0 Å². The number of rotatable bonds is 3. The minimum atomic E-state index is -4.53. The highest BCUT2D eigenvalue weighted by atomic mass is 35.5. The summed E-state index contributed by atoms with van der Waals surface area (Å²) in [6, 6.07) is 5.12. The van der Waals surface area contributed by atoms with Gasteiger partial charge in [0.1, 0.15) is 5.82 Å². The lowest BCUT2D eigenvalue weighted by Crippen LogP contribution is -2.27. The van der Waals surface area contributed by atoms with Crippen molar-refractivity contribution in [2.24, 2.45) is 0 Å². The van der Waals surface area contributed by atoms with Crippen molar-refractivity contribution in [3.63, 3.8) is 0 Å². The summed E-state index contributed by atoms with van der Waals surface area (Å²) in [6.45, 7) is 7.56. The third-order valence-corrected chi connectivity index (χ3v) is 3.13. The predicted molar refractivity (Wildman–Crippen MR) is 89.9 cm³/mol. The van der Waals surface area contributed by atoms with E-state index < -0.39 is 11.7 Å². The Balaban J connectivity index is 2.38. The van der Waals surface area contributed by atoms with Gasteiger partial charge in [-0.3, -0.25) is 0 Å². The van der Waals surface area contributed by atoms with Crippen LogP contribution >= 0.6 is 11.6 Å². The van der Waals surface area contributed by atoms with Crippen molar-refractivity contribution >= 4 is 29.1 Å². The Bertz CT molecular complexity index is 739. The first-order valence-electron chi connectivity index (χ1n) is 7.22. The van der Waals surface area contributed by atoms with E-state index in [2.05, 4.69) is 20.6 Å². The summed E-state index contributed by atoms with van der Waals surface area (Å²) in [5.74, 6) is 0.606. The molecule has 0 atom stereocenters. The number of nitrogens with one attached hydrogen (secondary N) is 2. The Kier molecular flexibility index (Phi) is 4.94. The summed E-state index contributed by atoms with van der Waals surface area (Å²) >= 11 is 5.69. The molecule has 0 amide bonds. The quantitative estimate of drug-likeness (QED) is 0.770. The Labute approximate surface area is 143 Å². The highest BCUT2D eigenvalue weighted by Crippen LogP contribution is 2.37. The summed E-state index contributed by atoms with van der Waals surface area (Å²) in [6.07, 6.45) is -4.53. The molecule has 4 nitrogen and oxygen atoms in total. The van der Waals surface area contributed by atoms with Gasteiger partial charge >= 0.3 is 6.18 Å². The molecule has 0 saturated carbocycles. The van der Waals surface area contributed by atoms with E-state index in [4.69, 9.17) is 11.6 Å². The molecule has 0 aliphatic heterocycles. The lowest BCUT2D eigenvalue weighted by Gasteiger charge is -2.21. The van der Waals surface area contributed by atoms with Crippen LogP contribution in [0.4, 0.5) is 30.6 Å². The van der Waals surface area contributed by atoms with Crippen molar-refractivity contribution in [3.8, 4) is 0 Å². The number of anilines is 3. The van der Waals surface area contributed by atoms with Crippen LogP contribution in [0.1, 0.15) is 32.0 Å². The monoisotopic (exact) mass is 358 g/mol. The molecule has 0 spiro atoms. The van der Waals surface area contributed by atoms with Gasteiger partial charge in [-0.1, -0.05) is 11.6 Å². The van der Waals surface area contributed by atoms with Gasteiger partial charge < -0.3 is 10.6 Å². The fraction of sp³-hybridized carbons (Fsp3) is 0.375. The molecule has 2 N–H and O–H groups in total. The van der Waals surface area contributed by atoms with Gasteiger partial charge in [0.15, 0.2) is 0 Å². The summed E-state index contributed by atoms with van der Waals surface area (Å²) in [7, 11) is 0. The fourth-order valence-electron chi connectivity index (χ4n) is 2.02. The third kappa shape index (κ3) is 4.99. The molecule has 0 aliphatic carbocycles. The third-order valence-electron chi connectivity index (χ3n) is 2.89. The van der Waals surface area contributed by atoms with E-state index in [0.29, 0.717) is 11.6 Å². The first-order valence-corrected chi connectivity index (χ1v) is 7.59. The minimum absolute atomic E-state index is 0.0156. The first-order chi connectivity index (χ1) is 10.9. The molecule has 24 heavy (non-hydrogen) atoms. The van der Waals surface area contributed by atoms with Crippen molar-refractivity contribution in [2.45, 2.75) is 39.4 Å². The predicted octanol–water partition coefficient (Wildman–Crippen LogP) is 5.41. The molecule has 0 radical (unpaired) electrons. The van der Waals surface area contributed by atoms with Crippen LogP contribution in [-0.4, -0.2) is 15.5 Å². The van der Waals surface area contributed by atoms with E-state index in [0.717, 1.165) is 6.07 Å². The van der Waals surface area contributed by atoms with Gasteiger partial charge in [0.2, 0.25) is 5.95 Å². The Morgan fingerprint density at radius 1 is 1.04 bits per heavy atom. The molecular weight excluding hydrogens is 341 g/mol. The molecule has 8 heteroatoms. The second-order valence-corrected chi connectivity index (χ2v) is 6.84. The molecule has 2 aromatic rings. The van der Waals surface area contributed by atoms with E-state index in [-0.39, 0.29) is 22.1 Å². The molecular formula is C16H18ClF3N4. The topological polar surface area (TPSA) is 49.8 Å². The maximum Gasteiger partial charge on any atom is 0.418 e. The van der Waals surface area contributed by atoms with Crippen LogP contribution in [0.5, 0.6) is 0 Å². The van der Waals surface area contributed by atoms with Crippen LogP contribution in [0.25, 0.3) is 0 Å². The van der Waals surface area contributed by atoms with E-state index in [1.54, 1.807) is 13.0 Å². The molecule has 0 fully saturated rings. The van der Waals surface area contributed by atoms with Crippen LogP contribution in [-0.2, 0) is 6.18 Å². The summed E-state index contributed by atoms with van der Waals surface area (Å²) in [4.78, 5) is 8.47. The average molecular weight is 359 g/mol. The molecule has 0 bridgehead atoms. The molecule has 0 aliphatic rings. The van der Waals surface area contributed by atoms with Crippen molar-refractivity contribution < 1.29 is 13.2 Å². The van der Waals surface area contributed by atoms with Gasteiger partial charge in [-0.2, -0.15) is 18.2 Å². The molecule has 0 unspecified atom stereocenters. The number of hydrogen-bond acceptors (Lipinski definition) is 4. The number of hydrogen-bond donors (Lipinski definition) is 2. The van der Waals surface area contributed by atoms with E-state index >= 15 is 0 Å². The Hall–Kier alpha value is -2.02. The van der Waals surface area contributed by atoms with Gasteiger partial charge in [0.25, 0.3) is 0 Å². The van der Waals surface area contributed by atoms with Gasteiger partial charge in [-0.05, 0) is 45.9 Å². The van der Waals surface area contributed by atoms with Crippen LogP contribution < -0.4 is 10.6 Å². The zero-order chi connectivity index (χ0) is 18.1. The fourth-order valence-corrected chi connectivity index (χ4v) is 2.19. The van der Waals surface area contributed by atoms with E-state index in [9.17, 15) is 13.2 Å². The second kappa shape index (κ2) is 6.47. The Morgan fingerprint density at radius 3 is 2.29 bits per heavy atom. The van der Waals surface area contributed by atoms with E-state index in [1.165, 1.54) is 12.1 Å². The molecule has 1 heterocycles. The maximum atomic E-state index is 13.2. The molecule has 130 valence electrons. The summed E-state index contributed by atoms with van der Waals surface area (Å²) in [5.41, 5.74) is -0.618. The van der Waals surface area contributed by atoms with Crippen LogP contribution in [0.15, 0.2) is 24.3 Å². The van der Waals surface area contributed by atoms with Crippen LogP contribution in [0.2, 0.25) is 5.02 Å². The van der Waals surface area contributed by atoms with Crippen molar-refractivity contribution in [2.75, 3.05) is 10.6 Å². The number of aromatic nitrogens is 2. The normalized spacial score (nSPS) is 12.2. The Morgan fingerprint density at radius 2 is 1.71 bits per heavy atom. The SMILES string of the molecule is Cc1cc(Nc2ccc(Cl)cc2C(F)(F)F)nc(NC(C)(C)C)n1. The van der Waals surface area contributed by atoms with E-state index in [1.807, 2.05) is 20.8 Å². The summed E-state index contributed by atoms with van der Waals surface area (Å²) < 4.78 is 39.5. The van der Waals surface area contributed by atoms with Crippen molar-refractivity contribution in [3.05, 3.63) is 40.5 Å². The largest absolute Gasteiger partial charge is 0.418 e. The lowest BCUT2D eigenvalue weighted by atomic mass is 10.1. The standard InChI is InChI=1S/C16H18ClF3N4/c1-9-7-13(23-14(21-9)24-15(2,3)4)22-12-6-5-10(17)8-11(12)16(18,19)20/h5-8H,1-4H3,(H2,21,22,23,24). The summed E-state index contributed by atoms with van der Waals surface area (Å²) in [5, 5.41) is 5.82.